The van der Waals surface area contributed by atoms with E-state index in [-0.39, 0.29) is 23.9 Å². The number of carbonyl (C=O) groups excluding carboxylic acids is 1. The van der Waals surface area contributed by atoms with E-state index in [4.69, 9.17) is 14.2 Å². The van der Waals surface area contributed by atoms with E-state index in [1.165, 1.54) is 22.9 Å². The number of hydrogen-bond donors (Lipinski definition) is 1. The van der Waals surface area contributed by atoms with E-state index in [0.717, 1.165) is 30.4 Å². The highest BCUT2D eigenvalue weighted by Gasteiger charge is 2.37. The lowest BCUT2D eigenvalue weighted by Crippen LogP contribution is -2.22. The summed E-state index contributed by atoms with van der Waals surface area (Å²) in [6.45, 7) is 6.63. The van der Waals surface area contributed by atoms with Crippen LogP contribution in [0.15, 0.2) is 60.9 Å². The van der Waals surface area contributed by atoms with Crippen LogP contribution in [0.3, 0.4) is 0 Å². The third-order valence-corrected chi connectivity index (χ3v) is 7.41. The summed E-state index contributed by atoms with van der Waals surface area (Å²) in [5.41, 5.74) is -1.72. The van der Waals surface area contributed by atoms with Crippen molar-refractivity contribution >= 4 is 30.9 Å². The maximum Gasteiger partial charge on any atom is 0.418 e. The van der Waals surface area contributed by atoms with Crippen molar-refractivity contribution in [2.75, 3.05) is 11.9 Å². The molecule has 0 atom stereocenters. The Bertz CT molecular complexity index is 1500. The molecule has 0 bridgehead atoms. The molecule has 0 fully saturated rings. The number of anilines is 1. The van der Waals surface area contributed by atoms with Crippen molar-refractivity contribution in [2.45, 2.75) is 38.6 Å². The van der Waals surface area contributed by atoms with Gasteiger partial charge in [0.2, 0.25) is 5.82 Å². The normalized spacial score (nSPS) is 12.0. The van der Waals surface area contributed by atoms with E-state index < -0.39 is 54.4 Å². The summed E-state index contributed by atoms with van der Waals surface area (Å²) in [7, 11) is -1.41. The van der Waals surface area contributed by atoms with Gasteiger partial charge in [0.05, 0.1) is 16.6 Å². The minimum atomic E-state index is -4.79. The number of hydrogen-bond acceptors (Lipinski definition) is 5. The fourth-order valence-electron chi connectivity index (χ4n) is 3.68. The minimum absolute atomic E-state index is 0.0966. The first-order chi connectivity index (χ1) is 18.8. The molecule has 0 aliphatic rings. The van der Waals surface area contributed by atoms with Gasteiger partial charge in [-0.3, -0.25) is 5.32 Å². The molecule has 7 nitrogen and oxygen atoms in total. The van der Waals surface area contributed by atoms with Gasteiger partial charge in [0.25, 0.3) is 0 Å². The molecule has 1 N–H and O–H groups in total. The zero-order chi connectivity index (χ0) is 29.1. The molecule has 0 aliphatic heterocycles. The lowest BCUT2D eigenvalue weighted by atomic mass is 10.2. The van der Waals surface area contributed by atoms with Gasteiger partial charge in [0, 0.05) is 27.1 Å². The Labute approximate surface area is 227 Å². The van der Waals surface area contributed by atoms with Crippen LogP contribution in [-0.2, 0) is 17.6 Å². The molecule has 0 saturated heterocycles. The Morgan fingerprint density at radius 3 is 2.40 bits per heavy atom. The summed E-state index contributed by atoms with van der Waals surface area (Å²) in [5.74, 6) is -3.92. The highest BCUT2D eigenvalue weighted by Crippen LogP contribution is 2.41. The Morgan fingerprint density at radius 2 is 1.73 bits per heavy atom. The molecule has 0 aliphatic carbocycles. The Balaban J connectivity index is 1.59. The van der Waals surface area contributed by atoms with Gasteiger partial charge in [-0.05, 0) is 36.4 Å². The molecule has 13 heteroatoms. The van der Waals surface area contributed by atoms with E-state index in [1.807, 2.05) is 0 Å². The Morgan fingerprint density at radius 1 is 1.00 bits per heavy atom. The van der Waals surface area contributed by atoms with Crippen LogP contribution in [0.5, 0.6) is 17.2 Å². The van der Waals surface area contributed by atoms with Crippen LogP contribution in [-0.4, -0.2) is 30.3 Å². The number of carbonyl (C=O) groups is 1. The first-order valence-corrected chi connectivity index (χ1v) is 15.9. The van der Waals surface area contributed by atoms with Crippen LogP contribution in [0.4, 0.5) is 32.4 Å². The van der Waals surface area contributed by atoms with Gasteiger partial charge in [-0.15, -0.1) is 0 Å². The van der Waals surface area contributed by atoms with Crippen LogP contribution < -0.4 is 14.8 Å². The molecule has 0 unspecified atom stereocenters. The second kappa shape index (κ2) is 11.6. The SMILES string of the molecule is C[Si](C)(C)CCOCn1cc(C(F)(F)F)c2c(Oc3ccc(NC(=O)Oc4ccccc4)c(F)c3F)ccnc21. The molecular formula is C27H26F5N3O4Si. The van der Waals surface area contributed by atoms with Crippen molar-refractivity contribution in [3.05, 3.63) is 78.1 Å². The molecule has 1 amide bonds. The predicted octanol–water partition coefficient (Wildman–Crippen LogP) is 8.05. The summed E-state index contributed by atoms with van der Waals surface area (Å²) >= 11 is 0. The predicted molar refractivity (Wildman–Crippen MR) is 141 cm³/mol. The zero-order valence-corrected chi connectivity index (χ0v) is 22.8. The van der Waals surface area contributed by atoms with E-state index in [1.54, 1.807) is 18.2 Å². The molecule has 212 valence electrons. The summed E-state index contributed by atoms with van der Waals surface area (Å²) < 4.78 is 88.8. The molecule has 4 rings (SSSR count). The highest BCUT2D eigenvalue weighted by molar-refractivity contribution is 6.76. The Hall–Kier alpha value is -3.97. The van der Waals surface area contributed by atoms with Gasteiger partial charge in [0.15, 0.2) is 11.6 Å². The smallest absolute Gasteiger partial charge is 0.418 e. The number of alkyl halides is 3. The fraction of sp³-hybridized carbons (Fsp3) is 0.259. The van der Waals surface area contributed by atoms with Gasteiger partial charge in [-0.1, -0.05) is 37.8 Å². The second-order valence-corrected chi connectivity index (χ2v) is 15.7. The number of ether oxygens (including phenoxy) is 3. The maximum absolute atomic E-state index is 14.9. The van der Waals surface area contributed by atoms with E-state index >= 15 is 0 Å². The summed E-state index contributed by atoms with van der Waals surface area (Å²) in [4.78, 5) is 16.1. The third kappa shape index (κ3) is 6.96. The average molecular weight is 580 g/mol. The van der Waals surface area contributed by atoms with Gasteiger partial charge >= 0.3 is 12.3 Å². The lowest BCUT2D eigenvalue weighted by Gasteiger charge is -2.15. The van der Waals surface area contributed by atoms with Crippen molar-refractivity contribution in [1.29, 1.82) is 0 Å². The third-order valence-electron chi connectivity index (χ3n) is 5.71. The molecule has 40 heavy (non-hydrogen) atoms. The van der Waals surface area contributed by atoms with E-state index in [9.17, 15) is 26.7 Å². The number of benzene rings is 2. The van der Waals surface area contributed by atoms with Crippen LogP contribution in [0.1, 0.15) is 5.56 Å². The fourth-order valence-corrected chi connectivity index (χ4v) is 4.44. The monoisotopic (exact) mass is 579 g/mol. The molecule has 0 spiro atoms. The van der Waals surface area contributed by atoms with E-state index in [0.29, 0.717) is 6.61 Å². The number of amides is 1. The molecule has 0 radical (unpaired) electrons. The standard InChI is InChI=1S/C27H26F5N3O4Si/c1-40(2,3)14-13-37-16-35-15-18(27(30,31)32)22-20(11-12-33-25(22)35)39-21-10-9-19(23(28)24(21)29)34-26(36)38-17-7-5-4-6-8-17/h4-12,15H,13-14,16H2,1-3H3,(H,34,36). The maximum atomic E-state index is 14.9. The van der Waals surface area contributed by atoms with Crippen molar-refractivity contribution < 1.29 is 41.0 Å². The van der Waals surface area contributed by atoms with Crippen molar-refractivity contribution in [3.8, 4) is 17.2 Å². The van der Waals surface area contributed by atoms with Gasteiger partial charge in [-0.2, -0.15) is 17.6 Å². The van der Waals surface area contributed by atoms with Crippen molar-refractivity contribution in [1.82, 2.24) is 9.55 Å². The summed E-state index contributed by atoms with van der Waals surface area (Å²) in [6, 6.07) is 11.8. The van der Waals surface area contributed by atoms with E-state index in [2.05, 4.69) is 29.9 Å². The summed E-state index contributed by atoms with van der Waals surface area (Å²) in [5, 5.41) is 1.65. The number of fused-ring (bicyclic) bond motifs is 1. The van der Waals surface area contributed by atoms with Crippen molar-refractivity contribution in [2.24, 2.45) is 0 Å². The van der Waals surface area contributed by atoms with Gasteiger partial charge < -0.3 is 18.8 Å². The number of nitrogens with zero attached hydrogens (tertiary/aromatic N) is 2. The van der Waals surface area contributed by atoms with Crippen LogP contribution >= 0.6 is 0 Å². The first kappa shape index (κ1) is 29.0. The molecule has 4 aromatic rings. The van der Waals surface area contributed by atoms with Crippen LogP contribution in [0.25, 0.3) is 11.0 Å². The molecule has 2 aromatic carbocycles. The first-order valence-electron chi connectivity index (χ1n) is 12.2. The molecule has 0 saturated carbocycles. The number of aromatic nitrogens is 2. The number of nitrogens with one attached hydrogen (secondary N) is 1. The molecule has 2 aromatic heterocycles. The topological polar surface area (TPSA) is 74.6 Å². The number of para-hydroxylation sites is 1. The molecular weight excluding hydrogens is 553 g/mol. The largest absolute Gasteiger partial charge is 0.453 e. The van der Waals surface area contributed by atoms with Gasteiger partial charge in [0.1, 0.15) is 23.9 Å². The lowest BCUT2D eigenvalue weighted by molar-refractivity contribution is -0.136. The second-order valence-electron chi connectivity index (χ2n) is 10.0. The number of rotatable bonds is 9. The average Bonchev–Trinajstić information content (AvgIpc) is 3.27. The minimum Gasteiger partial charge on any atom is -0.453 e. The summed E-state index contributed by atoms with van der Waals surface area (Å²) in [6.07, 6.45) is -3.82. The number of pyridine rings is 1. The number of halogens is 5. The quantitative estimate of drug-likeness (QED) is 0.123. The van der Waals surface area contributed by atoms with Crippen LogP contribution in [0, 0.1) is 11.6 Å². The van der Waals surface area contributed by atoms with Crippen molar-refractivity contribution in [3.63, 3.8) is 0 Å². The Kier molecular flexibility index (Phi) is 8.44. The highest BCUT2D eigenvalue weighted by atomic mass is 28.3. The molecule has 2 heterocycles. The zero-order valence-electron chi connectivity index (χ0n) is 21.8. The van der Waals surface area contributed by atoms with Crippen LogP contribution in [0.2, 0.25) is 25.7 Å². The van der Waals surface area contributed by atoms with Gasteiger partial charge in [-0.25, -0.2) is 14.2 Å².